The molecule has 0 aliphatic carbocycles. The molecular formula is C23H31N3O. The number of allylic oxidation sites excluding steroid dienone is 2. The molecule has 4 nitrogen and oxygen atoms in total. The molecule has 2 aliphatic rings. The summed E-state index contributed by atoms with van der Waals surface area (Å²) in [7, 11) is 0. The smallest absolute Gasteiger partial charge is 0.166 e. The zero-order valence-electron chi connectivity index (χ0n) is 16.4. The Morgan fingerprint density at radius 1 is 1.22 bits per heavy atom. The Balaban J connectivity index is 1.61. The Bertz CT molecular complexity index is 851. The number of nitrogens with two attached hydrogens (primary N) is 1. The number of aromatic nitrogens is 1. The first-order valence-corrected chi connectivity index (χ1v) is 10.5. The van der Waals surface area contributed by atoms with Crippen LogP contribution in [0.2, 0.25) is 0 Å². The van der Waals surface area contributed by atoms with E-state index in [9.17, 15) is 4.79 Å². The summed E-state index contributed by atoms with van der Waals surface area (Å²) in [6, 6.07) is 6.72. The Kier molecular flexibility index (Phi) is 5.35. The van der Waals surface area contributed by atoms with Crippen LogP contribution >= 0.6 is 0 Å². The maximum atomic E-state index is 12.5. The SMILES string of the molecule is CCC=CCC(=O)c1ccc2c(c1)c(C1CCN3CCCCC3C1)cn2N. The van der Waals surface area contributed by atoms with E-state index >= 15 is 0 Å². The summed E-state index contributed by atoms with van der Waals surface area (Å²) < 4.78 is 1.74. The highest BCUT2D eigenvalue weighted by molar-refractivity contribution is 6.01. The fourth-order valence-electron chi connectivity index (χ4n) is 4.93. The highest BCUT2D eigenvalue weighted by atomic mass is 16.1. The Morgan fingerprint density at radius 2 is 2.11 bits per heavy atom. The van der Waals surface area contributed by atoms with Crippen molar-refractivity contribution >= 4 is 16.7 Å². The molecule has 1 aromatic carbocycles. The van der Waals surface area contributed by atoms with Crippen molar-refractivity contribution in [2.45, 2.75) is 63.8 Å². The summed E-state index contributed by atoms with van der Waals surface area (Å²) in [4.78, 5) is 15.2. The lowest BCUT2D eigenvalue weighted by Crippen LogP contribution is -2.44. The molecule has 27 heavy (non-hydrogen) atoms. The van der Waals surface area contributed by atoms with Crippen LogP contribution in [-0.4, -0.2) is 34.5 Å². The maximum absolute atomic E-state index is 12.5. The number of ketones is 1. The number of fused-ring (bicyclic) bond motifs is 2. The number of hydrogen-bond donors (Lipinski definition) is 1. The van der Waals surface area contributed by atoms with E-state index in [0.717, 1.165) is 28.9 Å². The van der Waals surface area contributed by atoms with Gasteiger partial charge in [-0.25, -0.2) is 0 Å². The molecule has 2 atom stereocenters. The molecule has 2 N–H and O–H groups in total. The number of carbonyl (C=O) groups excluding carboxylic acids is 1. The number of piperidine rings is 2. The highest BCUT2D eigenvalue weighted by Gasteiger charge is 2.32. The van der Waals surface area contributed by atoms with Crippen LogP contribution in [0.15, 0.2) is 36.5 Å². The van der Waals surface area contributed by atoms with E-state index in [-0.39, 0.29) is 5.78 Å². The molecular weight excluding hydrogens is 334 g/mol. The normalized spacial score (nSPS) is 23.7. The van der Waals surface area contributed by atoms with Gasteiger partial charge in [0.1, 0.15) is 0 Å². The van der Waals surface area contributed by atoms with Gasteiger partial charge in [-0.3, -0.25) is 9.47 Å². The number of Topliss-reactive ketones (excluding diaryl/α,β-unsaturated/α-hetero) is 1. The fourth-order valence-corrected chi connectivity index (χ4v) is 4.93. The molecule has 0 radical (unpaired) electrons. The van der Waals surface area contributed by atoms with Gasteiger partial charge in [-0.2, -0.15) is 0 Å². The van der Waals surface area contributed by atoms with Gasteiger partial charge in [0.05, 0.1) is 5.52 Å². The quantitative estimate of drug-likeness (QED) is 0.478. The minimum Gasteiger partial charge on any atom is -0.339 e. The first kappa shape index (κ1) is 18.3. The van der Waals surface area contributed by atoms with E-state index < -0.39 is 0 Å². The molecule has 1 aromatic heterocycles. The third-order valence-electron chi connectivity index (χ3n) is 6.40. The largest absolute Gasteiger partial charge is 0.339 e. The van der Waals surface area contributed by atoms with E-state index in [1.54, 1.807) is 4.68 Å². The number of hydrogen-bond acceptors (Lipinski definition) is 3. The molecule has 0 bridgehead atoms. The first-order chi connectivity index (χ1) is 13.2. The molecule has 2 saturated heterocycles. The maximum Gasteiger partial charge on any atom is 0.166 e. The molecule has 0 saturated carbocycles. The number of carbonyl (C=O) groups is 1. The van der Waals surface area contributed by atoms with Crippen LogP contribution in [0.5, 0.6) is 0 Å². The van der Waals surface area contributed by atoms with Gasteiger partial charge in [-0.15, -0.1) is 0 Å². The number of nitrogens with zero attached hydrogens (tertiary/aromatic N) is 2. The van der Waals surface area contributed by atoms with Crippen molar-refractivity contribution in [2.75, 3.05) is 18.9 Å². The van der Waals surface area contributed by atoms with Crippen molar-refractivity contribution in [2.24, 2.45) is 0 Å². The molecule has 2 aliphatic heterocycles. The van der Waals surface area contributed by atoms with Crippen LogP contribution in [-0.2, 0) is 0 Å². The average Bonchev–Trinajstić information content (AvgIpc) is 3.04. The molecule has 0 amide bonds. The van der Waals surface area contributed by atoms with Crippen LogP contribution in [0.25, 0.3) is 10.9 Å². The number of nitrogen functional groups attached to an aromatic ring is 1. The third-order valence-corrected chi connectivity index (χ3v) is 6.40. The minimum absolute atomic E-state index is 0.180. The van der Waals surface area contributed by atoms with Crippen molar-refractivity contribution in [1.82, 2.24) is 9.58 Å². The Labute approximate surface area is 162 Å². The first-order valence-electron chi connectivity index (χ1n) is 10.5. The molecule has 2 aromatic rings. The topological polar surface area (TPSA) is 51.3 Å². The van der Waals surface area contributed by atoms with Crippen LogP contribution < -0.4 is 5.84 Å². The fraction of sp³-hybridized carbons (Fsp3) is 0.522. The van der Waals surface area contributed by atoms with Crippen LogP contribution in [0.3, 0.4) is 0 Å². The van der Waals surface area contributed by atoms with Crippen LogP contribution in [0.1, 0.15) is 73.7 Å². The molecule has 144 valence electrons. The summed E-state index contributed by atoms with van der Waals surface area (Å²) in [6.45, 7) is 4.54. The monoisotopic (exact) mass is 365 g/mol. The van der Waals surface area contributed by atoms with Crippen molar-refractivity contribution in [1.29, 1.82) is 0 Å². The summed E-state index contributed by atoms with van der Waals surface area (Å²) in [6.07, 6.45) is 14.0. The molecule has 4 heteroatoms. The molecule has 4 rings (SSSR count). The van der Waals surface area contributed by atoms with Gasteiger partial charge in [-0.05, 0) is 74.9 Å². The zero-order valence-corrected chi connectivity index (χ0v) is 16.4. The second kappa shape index (κ2) is 7.89. The summed E-state index contributed by atoms with van der Waals surface area (Å²) in [5.74, 6) is 6.97. The van der Waals surface area contributed by atoms with Crippen molar-refractivity contribution in [3.05, 3.63) is 47.7 Å². The summed E-state index contributed by atoms with van der Waals surface area (Å²) >= 11 is 0. The van der Waals surface area contributed by atoms with Crippen molar-refractivity contribution in [3.63, 3.8) is 0 Å². The summed E-state index contributed by atoms with van der Waals surface area (Å²) in [5, 5.41) is 1.16. The Morgan fingerprint density at radius 3 is 2.96 bits per heavy atom. The zero-order chi connectivity index (χ0) is 18.8. The minimum atomic E-state index is 0.180. The van der Waals surface area contributed by atoms with Gasteiger partial charge in [-0.1, -0.05) is 25.5 Å². The standard InChI is InChI=1S/C23H31N3O/c1-2-3-4-8-23(27)18-9-10-22-20(15-18)21(16-26(22)24)17-11-13-25-12-6-5-7-19(25)14-17/h3-4,9-10,15-17,19H,2,5-8,11-14,24H2,1H3. The van der Waals surface area contributed by atoms with Gasteiger partial charge < -0.3 is 10.7 Å². The van der Waals surface area contributed by atoms with Gasteiger partial charge in [0.2, 0.25) is 0 Å². The molecule has 0 spiro atoms. The second-order valence-corrected chi connectivity index (χ2v) is 8.14. The predicted molar refractivity (Wildman–Crippen MR) is 112 cm³/mol. The molecule has 2 fully saturated rings. The molecule has 3 heterocycles. The van der Waals surface area contributed by atoms with E-state index in [0.29, 0.717) is 12.3 Å². The Hall–Kier alpha value is -2.07. The van der Waals surface area contributed by atoms with Crippen LogP contribution in [0.4, 0.5) is 0 Å². The van der Waals surface area contributed by atoms with Gasteiger partial charge in [0, 0.05) is 29.6 Å². The highest BCUT2D eigenvalue weighted by Crippen LogP contribution is 2.39. The third kappa shape index (κ3) is 3.68. The van der Waals surface area contributed by atoms with Crippen molar-refractivity contribution in [3.8, 4) is 0 Å². The summed E-state index contributed by atoms with van der Waals surface area (Å²) in [5.41, 5.74) is 3.15. The number of rotatable bonds is 5. The van der Waals surface area contributed by atoms with Crippen molar-refractivity contribution < 1.29 is 4.79 Å². The van der Waals surface area contributed by atoms with E-state index in [2.05, 4.69) is 30.2 Å². The lowest BCUT2D eigenvalue weighted by molar-refractivity contribution is 0.0976. The lowest BCUT2D eigenvalue weighted by atomic mass is 9.82. The van der Waals surface area contributed by atoms with Gasteiger partial charge >= 0.3 is 0 Å². The lowest BCUT2D eigenvalue weighted by Gasteiger charge is -2.42. The average molecular weight is 366 g/mol. The predicted octanol–water partition coefficient (Wildman–Crippen LogP) is 4.63. The van der Waals surface area contributed by atoms with E-state index in [1.807, 2.05) is 18.2 Å². The molecule has 2 unspecified atom stereocenters. The second-order valence-electron chi connectivity index (χ2n) is 8.14. The van der Waals surface area contributed by atoms with Crippen LogP contribution in [0, 0.1) is 0 Å². The van der Waals surface area contributed by atoms with E-state index in [1.165, 1.54) is 50.8 Å². The van der Waals surface area contributed by atoms with E-state index in [4.69, 9.17) is 5.84 Å². The number of benzene rings is 1. The van der Waals surface area contributed by atoms with Gasteiger partial charge in [0.25, 0.3) is 0 Å². The van der Waals surface area contributed by atoms with Gasteiger partial charge in [0.15, 0.2) is 5.78 Å².